The Morgan fingerprint density at radius 3 is 2.86 bits per heavy atom. The average molecular weight is 295 g/mol. The summed E-state index contributed by atoms with van der Waals surface area (Å²) in [6.07, 6.45) is 3.37. The van der Waals surface area contributed by atoms with Crippen LogP contribution >= 0.6 is 0 Å². The summed E-state index contributed by atoms with van der Waals surface area (Å²) in [5.41, 5.74) is 1.95. The van der Waals surface area contributed by atoms with Gasteiger partial charge in [-0.25, -0.2) is 14.8 Å². The van der Waals surface area contributed by atoms with Crippen LogP contribution in [-0.2, 0) is 6.54 Å². The Hall–Kier alpha value is -2.89. The topological polar surface area (TPSA) is 68.5 Å². The Balaban J connectivity index is 1.86. The smallest absolute Gasteiger partial charge is 0.336 e. The number of rotatable bonds is 1. The number of ether oxygens (including phenoxy) is 1. The molecule has 0 saturated carbocycles. The minimum atomic E-state index is -0.355. The van der Waals surface area contributed by atoms with Gasteiger partial charge in [0.2, 0.25) is 5.95 Å². The highest BCUT2D eigenvalue weighted by atomic mass is 16.5. The molecule has 0 fully saturated rings. The SMILES string of the molecule is Cc1cc(=O)oc2c3c(ccc12)OCN(c1ncccn1)C3. The maximum Gasteiger partial charge on any atom is 0.336 e. The largest absolute Gasteiger partial charge is 0.473 e. The van der Waals surface area contributed by atoms with E-state index in [1.54, 1.807) is 18.5 Å². The van der Waals surface area contributed by atoms with Crippen molar-refractivity contribution in [2.75, 3.05) is 11.6 Å². The molecule has 3 heterocycles. The molecule has 0 amide bonds. The van der Waals surface area contributed by atoms with Crippen LogP contribution in [0.5, 0.6) is 5.75 Å². The quantitative estimate of drug-likeness (QED) is 0.641. The third-order valence-electron chi connectivity index (χ3n) is 3.74. The van der Waals surface area contributed by atoms with Crippen LogP contribution in [0.2, 0.25) is 0 Å². The predicted molar refractivity (Wildman–Crippen MR) is 80.9 cm³/mol. The van der Waals surface area contributed by atoms with Gasteiger partial charge in [-0.3, -0.25) is 0 Å². The zero-order chi connectivity index (χ0) is 15.1. The van der Waals surface area contributed by atoms with Gasteiger partial charge in [0.05, 0.1) is 12.1 Å². The van der Waals surface area contributed by atoms with E-state index in [2.05, 4.69) is 9.97 Å². The summed E-state index contributed by atoms with van der Waals surface area (Å²) in [7, 11) is 0. The zero-order valence-corrected chi connectivity index (χ0v) is 11.9. The van der Waals surface area contributed by atoms with E-state index in [1.807, 2.05) is 24.0 Å². The third kappa shape index (κ3) is 2.00. The molecule has 0 spiro atoms. The summed E-state index contributed by atoms with van der Waals surface area (Å²) in [6.45, 7) is 2.79. The van der Waals surface area contributed by atoms with E-state index in [0.717, 1.165) is 22.3 Å². The molecule has 6 heteroatoms. The molecule has 4 rings (SSSR count). The van der Waals surface area contributed by atoms with Gasteiger partial charge in [-0.05, 0) is 30.7 Å². The lowest BCUT2D eigenvalue weighted by Crippen LogP contribution is -2.33. The van der Waals surface area contributed by atoms with Gasteiger partial charge in [0.1, 0.15) is 11.3 Å². The van der Waals surface area contributed by atoms with Gasteiger partial charge in [0, 0.05) is 23.8 Å². The Bertz CT molecular complexity index is 906. The predicted octanol–water partition coefficient (Wildman–Crippen LogP) is 2.25. The van der Waals surface area contributed by atoms with Crippen molar-refractivity contribution in [2.24, 2.45) is 0 Å². The number of anilines is 1. The van der Waals surface area contributed by atoms with Gasteiger partial charge in [0.25, 0.3) is 0 Å². The van der Waals surface area contributed by atoms with Crippen molar-refractivity contribution in [1.29, 1.82) is 0 Å². The molecule has 0 saturated heterocycles. The number of aryl methyl sites for hydroxylation is 1. The first kappa shape index (κ1) is 12.8. The molecule has 0 unspecified atom stereocenters. The molecule has 1 aliphatic heterocycles. The fourth-order valence-electron chi connectivity index (χ4n) is 2.67. The van der Waals surface area contributed by atoms with Crippen LogP contribution in [0, 0.1) is 6.92 Å². The molecule has 110 valence electrons. The normalized spacial score (nSPS) is 13.8. The van der Waals surface area contributed by atoms with E-state index in [4.69, 9.17) is 9.15 Å². The highest BCUT2D eigenvalue weighted by Crippen LogP contribution is 2.33. The summed E-state index contributed by atoms with van der Waals surface area (Å²) < 4.78 is 11.2. The van der Waals surface area contributed by atoms with Crippen LogP contribution in [0.1, 0.15) is 11.1 Å². The van der Waals surface area contributed by atoms with Crippen LogP contribution in [0.3, 0.4) is 0 Å². The first-order chi connectivity index (χ1) is 10.7. The number of hydrogen-bond acceptors (Lipinski definition) is 6. The number of nitrogens with zero attached hydrogens (tertiary/aromatic N) is 3. The summed E-state index contributed by atoms with van der Waals surface area (Å²) in [4.78, 5) is 22.1. The van der Waals surface area contributed by atoms with Crippen molar-refractivity contribution in [2.45, 2.75) is 13.5 Å². The van der Waals surface area contributed by atoms with Gasteiger partial charge >= 0.3 is 5.63 Å². The third-order valence-corrected chi connectivity index (χ3v) is 3.74. The van der Waals surface area contributed by atoms with Gasteiger partial charge < -0.3 is 14.1 Å². The summed E-state index contributed by atoms with van der Waals surface area (Å²) in [5.74, 6) is 1.31. The number of hydrogen-bond donors (Lipinski definition) is 0. The van der Waals surface area contributed by atoms with Crippen molar-refractivity contribution in [3.63, 3.8) is 0 Å². The fourth-order valence-corrected chi connectivity index (χ4v) is 2.67. The Labute approximate surface area is 126 Å². The maximum absolute atomic E-state index is 11.7. The van der Waals surface area contributed by atoms with Crippen LogP contribution in [-0.4, -0.2) is 16.7 Å². The molecule has 0 radical (unpaired) electrons. The zero-order valence-electron chi connectivity index (χ0n) is 11.9. The monoisotopic (exact) mass is 295 g/mol. The van der Waals surface area contributed by atoms with Gasteiger partial charge in [-0.15, -0.1) is 0 Å². The molecule has 1 aromatic carbocycles. The van der Waals surface area contributed by atoms with Crippen LogP contribution < -0.4 is 15.3 Å². The highest BCUT2D eigenvalue weighted by molar-refractivity contribution is 5.85. The number of benzene rings is 1. The summed E-state index contributed by atoms with van der Waals surface area (Å²) >= 11 is 0. The number of aromatic nitrogens is 2. The van der Waals surface area contributed by atoms with E-state index in [1.165, 1.54) is 6.07 Å². The molecular weight excluding hydrogens is 282 g/mol. The summed E-state index contributed by atoms with van der Waals surface area (Å²) in [5, 5.41) is 0.915. The highest BCUT2D eigenvalue weighted by Gasteiger charge is 2.23. The van der Waals surface area contributed by atoms with E-state index < -0.39 is 0 Å². The molecule has 0 N–H and O–H groups in total. The lowest BCUT2D eigenvalue weighted by atomic mass is 10.1. The van der Waals surface area contributed by atoms with Crippen LogP contribution in [0.4, 0.5) is 5.95 Å². The first-order valence-electron chi connectivity index (χ1n) is 6.93. The van der Waals surface area contributed by atoms with E-state index in [0.29, 0.717) is 24.8 Å². The fraction of sp³-hybridized carbons (Fsp3) is 0.188. The maximum atomic E-state index is 11.7. The molecule has 3 aromatic rings. The molecule has 0 bridgehead atoms. The van der Waals surface area contributed by atoms with Crippen LogP contribution in [0.15, 0.2) is 45.9 Å². The van der Waals surface area contributed by atoms with Crippen molar-refractivity contribution in [3.8, 4) is 5.75 Å². The Morgan fingerprint density at radius 2 is 2.05 bits per heavy atom. The second-order valence-electron chi connectivity index (χ2n) is 5.19. The standard InChI is InChI=1S/C16H13N3O3/c1-10-7-14(20)22-15-11(10)3-4-13-12(15)8-19(9-21-13)16-17-5-2-6-18-16/h2-7H,8-9H2,1H3. The summed E-state index contributed by atoms with van der Waals surface area (Å²) in [6, 6.07) is 7.09. The number of fused-ring (bicyclic) bond motifs is 3. The van der Waals surface area contributed by atoms with E-state index >= 15 is 0 Å². The molecule has 22 heavy (non-hydrogen) atoms. The van der Waals surface area contributed by atoms with Crippen molar-refractivity contribution < 1.29 is 9.15 Å². The van der Waals surface area contributed by atoms with Crippen molar-refractivity contribution in [3.05, 3.63) is 58.2 Å². The second kappa shape index (κ2) is 4.84. The first-order valence-corrected chi connectivity index (χ1v) is 6.93. The minimum absolute atomic E-state index is 0.355. The van der Waals surface area contributed by atoms with E-state index in [-0.39, 0.29) is 5.63 Å². The Kier molecular flexibility index (Phi) is 2.82. The van der Waals surface area contributed by atoms with Gasteiger partial charge in [-0.2, -0.15) is 0 Å². The second-order valence-corrected chi connectivity index (χ2v) is 5.19. The molecular formula is C16H13N3O3. The molecule has 1 aliphatic rings. The lowest BCUT2D eigenvalue weighted by molar-refractivity contribution is 0.286. The molecule has 2 aromatic heterocycles. The van der Waals surface area contributed by atoms with Crippen molar-refractivity contribution >= 4 is 16.9 Å². The van der Waals surface area contributed by atoms with Crippen molar-refractivity contribution in [1.82, 2.24) is 9.97 Å². The molecule has 6 nitrogen and oxygen atoms in total. The van der Waals surface area contributed by atoms with E-state index in [9.17, 15) is 4.79 Å². The Morgan fingerprint density at radius 1 is 1.23 bits per heavy atom. The van der Waals surface area contributed by atoms with Gasteiger partial charge in [0.15, 0.2) is 6.73 Å². The molecule has 0 atom stereocenters. The molecule has 0 aliphatic carbocycles. The van der Waals surface area contributed by atoms with Gasteiger partial charge in [-0.1, -0.05) is 0 Å². The van der Waals surface area contributed by atoms with Crippen LogP contribution in [0.25, 0.3) is 11.0 Å². The minimum Gasteiger partial charge on any atom is -0.473 e. The average Bonchev–Trinajstić information content (AvgIpc) is 2.55. The lowest BCUT2D eigenvalue weighted by Gasteiger charge is -2.29.